The number of nitrogens with zero attached hydrogens (tertiary/aromatic N) is 2. The SMILES string of the molecule is CCNC(=O)C(CC)N(Cc1ccc(Cl)c(Cl)c1)C(=O)CCCN(c1cccc(C(F)(F)F)c1)S(C)(=O)=O. The van der Waals surface area contributed by atoms with Gasteiger partial charge in [-0.1, -0.05) is 42.3 Å². The number of sulfonamides is 1. The van der Waals surface area contributed by atoms with Gasteiger partial charge in [-0.3, -0.25) is 13.9 Å². The van der Waals surface area contributed by atoms with Gasteiger partial charge in [0.05, 0.1) is 27.6 Å². The first-order chi connectivity index (χ1) is 17.7. The van der Waals surface area contributed by atoms with Crippen molar-refractivity contribution in [2.24, 2.45) is 0 Å². The zero-order valence-corrected chi connectivity index (χ0v) is 23.5. The fourth-order valence-electron chi connectivity index (χ4n) is 3.89. The fourth-order valence-corrected chi connectivity index (χ4v) is 5.17. The Bertz CT molecular complexity index is 1240. The van der Waals surface area contributed by atoms with Gasteiger partial charge in [0.15, 0.2) is 0 Å². The van der Waals surface area contributed by atoms with E-state index in [-0.39, 0.29) is 42.5 Å². The molecule has 2 rings (SSSR count). The van der Waals surface area contributed by atoms with E-state index >= 15 is 0 Å². The van der Waals surface area contributed by atoms with Crippen LogP contribution in [0.3, 0.4) is 0 Å². The molecule has 2 aromatic carbocycles. The first kappa shape index (κ1) is 31.7. The van der Waals surface area contributed by atoms with Crippen LogP contribution in [0, 0.1) is 0 Å². The minimum Gasteiger partial charge on any atom is -0.355 e. The van der Waals surface area contributed by atoms with Crippen LogP contribution in [0.25, 0.3) is 0 Å². The second kappa shape index (κ2) is 13.5. The van der Waals surface area contributed by atoms with Gasteiger partial charge in [0.1, 0.15) is 6.04 Å². The van der Waals surface area contributed by atoms with Gasteiger partial charge < -0.3 is 10.2 Å². The molecule has 0 spiro atoms. The number of hydrogen-bond donors (Lipinski definition) is 1. The molecule has 1 unspecified atom stereocenters. The largest absolute Gasteiger partial charge is 0.416 e. The number of benzene rings is 2. The van der Waals surface area contributed by atoms with Gasteiger partial charge >= 0.3 is 6.18 Å². The van der Waals surface area contributed by atoms with Crippen molar-refractivity contribution in [1.29, 1.82) is 0 Å². The molecule has 0 aromatic heterocycles. The lowest BCUT2D eigenvalue weighted by molar-refractivity contribution is -0.141. The Hall–Kier alpha value is -2.50. The molecule has 0 saturated heterocycles. The quantitative estimate of drug-likeness (QED) is 0.351. The third-order valence-corrected chi connectivity index (χ3v) is 7.62. The number of rotatable bonds is 12. The van der Waals surface area contributed by atoms with Crippen molar-refractivity contribution in [3.05, 3.63) is 63.6 Å². The Morgan fingerprint density at radius 3 is 2.29 bits per heavy atom. The number of alkyl halides is 3. The maximum atomic E-state index is 13.3. The zero-order chi connectivity index (χ0) is 28.7. The molecule has 0 aliphatic rings. The molecule has 0 saturated carbocycles. The molecule has 38 heavy (non-hydrogen) atoms. The van der Waals surface area contributed by atoms with Crippen molar-refractivity contribution in [2.75, 3.05) is 23.7 Å². The topological polar surface area (TPSA) is 86.8 Å². The summed E-state index contributed by atoms with van der Waals surface area (Å²) in [6, 6.07) is 8.03. The molecule has 0 aliphatic carbocycles. The average molecular weight is 596 g/mol. The van der Waals surface area contributed by atoms with Crippen LogP contribution >= 0.6 is 23.2 Å². The number of hydrogen-bond acceptors (Lipinski definition) is 4. The summed E-state index contributed by atoms with van der Waals surface area (Å²) in [5.41, 5.74) is -0.506. The Kier molecular flexibility index (Phi) is 11.3. The summed E-state index contributed by atoms with van der Waals surface area (Å²) in [6.07, 6.45) is -3.59. The van der Waals surface area contributed by atoms with Crippen LogP contribution in [-0.4, -0.2) is 50.5 Å². The van der Waals surface area contributed by atoms with E-state index in [1.807, 2.05) is 0 Å². The summed E-state index contributed by atoms with van der Waals surface area (Å²) in [5, 5.41) is 3.33. The van der Waals surface area contributed by atoms with E-state index in [2.05, 4.69) is 5.32 Å². The highest BCUT2D eigenvalue weighted by molar-refractivity contribution is 7.92. The maximum Gasteiger partial charge on any atom is 0.416 e. The van der Waals surface area contributed by atoms with E-state index in [9.17, 15) is 31.2 Å². The van der Waals surface area contributed by atoms with Gasteiger partial charge in [0.2, 0.25) is 21.8 Å². The highest BCUT2D eigenvalue weighted by Gasteiger charge is 2.32. The molecular formula is C25H30Cl2F3N3O4S. The lowest BCUT2D eigenvalue weighted by atomic mass is 10.1. The fraction of sp³-hybridized carbons (Fsp3) is 0.440. The standard InChI is InChI=1S/C25H30Cl2F3N3O4S/c1-4-22(24(35)31-5-2)32(16-17-11-12-20(26)21(27)14-17)23(34)10-7-13-33(38(3,36)37)19-9-6-8-18(15-19)25(28,29)30/h6,8-9,11-12,14-15,22H,4-5,7,10,13,16H2,1-3H3,(H,31,35). The Morgan fingerprint density at radius 1 is 1.05 bits per heavy atom. The summed E-state index contributed by atoms with van der Waals surface area (Å²) in [5.74, 6) is -0.767. The lowest BCUT2D eigenvalue weighted by Crippen LogP contribution is -2.49. The molecule has 7 nitrogen and oxygen atoms in total. The summed E-state index contributed by atoms with van der Waals surface area (Å²) >= 11 is 12.1. The van der Waals surface area contributed by atoms with Crippen LogP contribution in [0.4, 0.5) is 18.9 Å². The van der Waals surface area contributed by atoms with Crippen molar-refractivity contribution in [3.8, 4) is 0 Å². The van der Waals surface area contributed by atoms with E-state index in [0.29, 0.717) is 23.6 Å². The molecule has 210 valence electrons. The van der Waals surface area contributed by atoms with Crippen molar-refractivity contribution >= 4 is 50.7 Å². The first-order valence-corrected chi connectivity index (χ1v) is 14.5. The molecule has 13 heteroatoms. The minimum absolute atomic E-state index is 0.00581. The van der Waals surface area contributed by atoms with Crippen LogP contribution < -0.4 is 9.62 Å². The number of anilines is 1. The average Bonchev–Trinajstić information content (AvgIpc) is 2.82. The van der Waals surface area contributed by atoms with Crippen LogP contribution in [0.2, 0.25) is 10.0 Å². The molecule has 1 N–H and O–H groups in total. The van der Waals surface area contributed by atoms with E-state index in [1.54, 1.807) is 32.0 Å². The number of amides is 2. The molecule has 0 fully saturated rings. The second-order valence-corrected chi connectivity index (χ2v) is 11.3. The minimum atomic E-state index is -4.64. The lowest BCUT2D eigenvalue weighted by Gasteiger charge is -2.31. The van der Waals surface area contributed by atoms with E-state index < -0.39 is 33.7 Å². The number of halogens is 5. The first-order valence-electron chi connectivity index (χ1n) is 11.8. The third-order valence-electron chi connectivity index (χ3n) is 5.69. The monoisotopic (exact) mass is 595 g/mol. The number of carbonyl (C=O) groups is 2. The van der Waals surface area contributed by atoms with Crippen LogP contribution in [0.5, 0.6) is 0 Å². The van der Waals surface area contributed by atoms with Gasteiger partial charge in [0, 0.05) is 26.1 Å². The van der Waals surface area contributed by atoms with Crippen molar-refractivity contribution < 1.29 is 31.2 Å². The summed E-state index contributed by atoms with van der Waals surface area (Å²) in [6.45, 7) is 3.70. The normalized spacial score (nSPS) is 12.6. The van der Waals surface area contributed by atoms with Crippen LogP contribution in [-0.2, 0) is 32.3 Å². The Morgan fingerprint density at radius 2 is 1.74 bits per heavy atom. The maximum absolute atomic E-state index is 13.3. The van der Waals surface area contributed by atoms with Gasteiger partial charge in [-0.2, -0.15) is 13.2 Å². The predicted molar refractivity (Wildman–Crippen MR) is 143 cm³/mol. The zero-order valence-electron chi connectivity index (χ0n) is 21.2. The van der Waals surface area contributed by atoms with Gasteiger partial charge in [-0.05, 0) is 55.7 Å². The van der Waals surface area contributed by atoms with E-state index in [4.69, 9.17) is 23.2 Å². The Balaban J connectivity index is 2.27. The molecule has 0 heterocycles. The van der Waals surface area contributed by atoms with Crippen LogP contribution in [0.15, 0.2) is 42.5 Å². The molecule has 0 aliphatic heterocycles. The van der Waals surface area contributed by atoms with Crippen molar-refractivity contribution in [3.63, 3.8) is 0 Å². The Labute approximate surface area is 230 Å². The van der Waals surface area contributed by atoms with Crippen molar-refractivity contribution in [2.45, 2.75) is 51.9 Å². The summed E-state index contributed by atoms with van der Waals surface area (Å²) < 4.78 is 65.1. The van der Waals surface area contributed by atoms with Gasteiger partial charge in [0.25, 0.3) is 0 Å². The molecule has 2 amide bonds. The summed E-state index contributed by atoms with van der Waals surface area (Å²) in [4.78, 5) is 27.4. The third kappa shape index (κ3) is 8.78. The molecular weight excluding hydrogens is 566 g/mol. The molecule has 2 aromatic rings. The predicted octanol–water partition coefficient (Wildman–Crippen LogP) is 5.50. The number of likely N-dealkylation sites (N-methyl/N-ethyl adjacent to an activating group) is 1. The van der Waals surface area contributed by atoms with Crippen molar-refractivity contribution in [1.82, 2.24) is 10.2 Å². The molecule has 0 radical (unpaired) electrons. The van der Waals surface area contributed by atoms with Gasteiger partial charge in [-0.25, -0.2) is 8.42 Å². The second-order valence-electron chi connectivity index (χ2n) is 8.58. The van der Waals surface area contributed by atoms with E-state index in [1.165, 1.54) is 11.0 Å². The van der Waals surface area contributed by atoms with Gasteiger partial charge in [-0.15, -0.1) is 0 Å². The number of carbonyl (C=O) groups excluding carboxylic acids is 2. The number of nitrogens with one attached hydrogen (secondary N) is 1. The molecule has 0 bridgehead atoms. The molecule has 1 atom stereocenters. The van der Waals surface area contributed by atoms with Crippen LogP contribution in [0.1, 0.15) is 44.2 Å². The highest BCUT2D eigenvalue weighted by atomic mass is 35.5. The summed E-state index contributed by atoms with van der Waals surface area (Å²) in [7, 11) is -3.95. The van der Waals surface area contributed by atoms with E-state index in [0.717, 1.165) is 28.8 Å². The smallest absolute Gasteiger partial charge is 0.355 e. The highest BCUT2D eigenvalue weighted by Crippen LogP contribution is 2.32.